The second-order valence-electron chi connectivity index (χ2n) is 6.71. The maximum absolute atomic E-state index is 13.0. The number of hydrogen-bond acceptors (Lipinski definition) is 5. The van der Waals surface area contributed by atoms with Crippen LogP contribution in [-0.4, -0.2) is 54.7 Å². The van der Waals surface area contributed by atoms with Gasteiger partial charge in [-0.15, -0.1) is 0 Å². The van der Waals surface area contributed by atoms with E-state index < -0.39 is 10.0 Å². The SMILES string of the molecule is N#Cc1ccc(S(=O)(=O)N2CCN(C(=O)c3cccc4cccnc34)CC2)cc1. The van der Waals surface area contributed by atoms with Gasteiger partial charge in [0.25, 0.3) is 5.91 Å². The molecule has 1 aliphatic rings. The van der Waals surface area contributed by atoms with E-state index in [4.69, 9.17) is 5.26 Å². The number of hydrogen-bond donors (Lipinski definition) is 0. The maximum Gasteiger partial charge on any atom is 0.256 e. The summed E-state index contributed by atoms with van der Waals surface area (Å²) in [5, 5.41) is 9.76. The van der Waals surface area contributed by atoms with Crippen LogP contribution in [0.4, 0.5) is 0 Å². The lowest BCUT2D eigenvalue weighted by molar-refractivity contribution is 0.0699. The van der Waals surface area contributed by atoms with Gasteiger partial charge in [-0.25, -0.2) is 8.42 Å². The molecule has 0 radical (unpaired) electrons. The van der Waals surface area contributed by atoms with Gasteiger partial charge in [0.2, 0.25) is 10.0 Å². The summed E-state index contributed by atoms with van der Waals surface area (Å²) in [6, 6.07) is 17.0. The minimum absolute atomic E-state index is 0.148. The van der Waals surface area contributed by atoms with Crippen molar-refractivity contribution in [1.82, 2.24) is 14.2 Å². The number of para-hydroxylation sites is 1. The first-order valence-electron chi connectivity index (χ1n) is 9.14. The summed E-state index contributed by atoms with van der Waals surface area (Å²) in [6.45, 7) is 1.04. The zero-order valence-electron chi connectivity index (χ0n) is 15.5. The summed E-state index contributed by atoms with van der Waals surface area (Å²) in [5.41, 5.74) is 1.57. The number of nitriles is 1. The molecule has 8 heteroatoms. The van der Waals surface area contributed by atoms with Gasteiger partial charge < -0.3 is 4.90 Å². The van der Waals surface area contributed by atoms with Gasteiger partial charge >= 0.3 is 0 Å². The number of benzene rings is 2. The van der Waals surface area contributed by atoms with Gasteiger partial charge in [0, 0.05) is 37.8 Å². The van der Waals surface area contributed by atoms with Crippen LogP contribution < -0.4 is 0 Å². The van der Waals surface area contributed by atoms with E-state index in [1.165, 1.54) is 28.6 Å². The highest BCUT2D eigenvalue weighted by atomic mass is 32.2. The van der Waals surface area contributed by atoms with Crippen LogP contribution in [0.3, 0.4) is 0 Å². The summed E-state index contributed by atoms with van der Waals surface area (Å²) in [4.78, 5) is 19.1. The largest absolute Gasteiger partial charge is 0.336 e. The van der Waals surface area contributed by atoms with E-state index >= 15 is 0 Å². The van der Waals surface area contributed by atoms with Gasteiger partial charge in [0.15, 0.2) is 0 Å². The van der Waals surface area contributed by atoms with Crippen LogP contribution in [-0.2, 0) is 10.0 Å². The number of carbonyl (C=O) groups excluding carboxylic acids is 1. The zero-order chi connectivity index (χ0) is 20.4. The molecule has 0 unspecified atom stereocenters. The molecular formula is C21H18N4O3S. The summed E-state index contributed by atoms with van der Waals surface area (Å²) in [6.07, 6.45) is 1.65. The minimum atomic E-state index is -3.66. The third-order valence-electron chi connectivity index (χ3n) is 5.01. The highest BCUT2D eigenvalue weighted by Crippen LogP contribution is 2.21. The Morgan fingerprint density at radius 2 is 1.66 bits per heavy atom. The van der Waals surface area contributed by atoms with Crippen molar-refractivity contribution in [2.24, 2.45) is 0 Å². The lowest BCUT2D eigenvalue weighted by atomic mass is 10.1. The summed E-state index contributed by atoms with van der Waals surface area (Å²) < 4.78 is 27.1. The number of fused-ring (bicyclic) bond motifs is 1. The number of aromatic nitrogens is 1. The Morgan fingerprint density at radius 1 is 0.966 bits per heavy atom. The quantitative estimate of drug-likeness (QED) is 0.665. The Hall–Kier alpha value is -3.28. The van der Waals surface area contributed by atoms with Crippen LogP contribution in [0.15, 0.2) is 65.7 Å². The van der Waals surface area contributed by atoms with E-state index in [0.717, 1.165) is 5.39 Å². The van der Waals surface area contributed by atoms with Crippen molar-refractivity contribution in [3.8, 4) is 6.07 Å². The molecule has 1 saturated heterocycles. The van der Waals surface area contributed by atoms with E-state index in [-0.39, 0.29) is 23.9 Å². The number of piperazine rings is 1. The Morgan fingerprint density at radius 3 is 2.34 bits per heavy atom. The molecule has 0 bridgehead atoms. The Kier molecular flexibility index (Phi) is 5.01. The molecule has 0 spiro atoms. The van der Waals surface area contributed by atoms with E-state index in [1.807, 2.05) is 30.3 Å². The first kappa shape index (κ1) is 19.1. The van der Waals surface area contributed by atoms with Gasteiger partial charge in [-0.2, -0.15) is 9.57 Å². The normalized spacial score (nSPS) is 15.2. The second-order valence-corrected chi connectivity index (χ2v) is 8.65. The Bertz CT molecular complexity index is 1200. The lowest BCUT2D eigenvalue weighted by Crippen LogP contribution is -2.50. The fraction of sp³-hybridized carbons (Fsp3) is 0.190. The molecule has 1 fully saturated rings. The van der Waals surface area contributed by atoms with Gasteiger partial charge in [0.1, 0.15) is 0 Å². The fourth-order valence-corrected chi connectivity index (χ4v) is 4.85. The highest BCUT2D eigenvalue weighted by molar-refractivity contribution is 7.89. The maximum atomic E-state index is 13.0. The monoisotopic (exact) mass is 406 g/mol. The number of sulfonamides is 1. The predicted octanol–water partition coefficient (Wildman–Crippen LogP) is 2.25. The molecule has 2 heterocycles. The number of rotatable bonds is 3. The predicted molar refractivity (Wildman–Crippen MR) is 108 cm³/mol. The number of amides is 1. The van der Waals surface area contributed by atoms with Gasteiger partial charge in [-0.1, -0.05) is 18.2 Å². The van der Waals surface area contributed by atoms with Crippen molar-refractivity contribution in [2.45, 2.75) is 4.90 Å². The molecule has 29 heavy (non-hydrogen) atoms. The molecule has 3 aromatic rings. The lowest BCUT2D eigenvalue weighted by Gasteiger charge is -2.34. The summed E-state index contributed by atoms with van der Waals surface area (Å²) in [5.74, 6) is -0.148. The Labute approximate surface area is 168 Å². The number of nitrogens with zero attached hydrogens (tertiary/aromatic N) is 4. The van der Waals surface area contributed by atoms with Crippen LogP contribution in [0.1, 0.15) is 15.9 Å². The molecule has 2 aromatic carbocycles. The van der Waals surface area contributed by atoms with Crippen molar-refractivity contribution in [1.29, 1.82) is 5.26 Å². The first-order chi connectivity index (χ1) is 14.0. The van der Waals surface area contributed by atoms with E-state index in [9.17, 15) is 13.2 Å². The summed E-state index contributed by atoms with van der Waals surface area (Å²) >= 11 is 0. The van der Waals surface area contributed by atoms with Crippen LogP contribution in [0.2, 0.25) is 0 Å². The minimum Gasteiger partial charge on any atom is -0.336 e. The molecule has 1 amide bonds. The average Bonchev–Trinajstić information content (AvgIpc) is 2.78. The zero-order valence-corrected chi connectivity index (χ0v) is 16.3. The molecule has 0 aliphatic carbocycles. The molecule has 0 saturated carbocycles. The molecule has 1 aliphatic heterocycles. The second kappa shape index (κ2) is 7.62. The van der Waals surface area contributed by atoms with Gasteiger partial charge in [-0.3, -0.25) is 9.78 Å². The first-order valence-corrected chi connectivity index (χ1v) is 10.6. The third-order valence-corrected chi connectivity index (χ3v) is 6.92. The molecule has 0 atom stereocenters. The molecule has 0 N–H and O–H groups in total. The van der Waals surface area contributed by atoms with E-state index in [0.29, 0.717) is 29.7 Å². The Balaban J connectivity index is 1.50. The van der Waals surface area contributed by atoms with Crippen molar-refractivity contribution in [3.63, 3.8) is 0 Å². The third kappa shape index (κ3) is 3.58. The van der Waals surface area contributed by atoms with Crippen molar-refractivity contribution in [2.75, 3.05) is 26.2 Å². The van der Waals surface area contributed by atoms with Gasteiger partial charge in [0.05, 0.1) is 27.6 Å². The standard InChI is InChI=1S/C21H18N4O3S/c22-15-16-6-8-18(9-7-16)29(27,28)25-13-11-24(12-14-25)21(26)19-5-1-3-17-4-2-10-23-20(17)19/h1-10H,11-14H2. The highest BCUT2D eigenvalue weighted by Gasteiger charge is 2.31. The fourth-order valence-electron chi connectivity index (χ4n) is 3.43. The molecule has 146 valence electrons. The van der Waals surface area contributed by atoms with Crippen molar-refractivity contribution >= 4 is 26.8 Å². The van der Waals surface area contributed by atoms with Crippen LogP contribution >= 0.6 is 0 Å². The van der Waals surface area contributed by atoms with E-state index in [2.05, 4.69) is 4.98 Å². The van der Waals surface area contributed by atoms with Gasteiger partial charge in [-0.05, 0) is 36.4 Å². The molecule has 7 nitrogen and oxygen atoms in total. The van der Waals surface area contributed by atoms with E-state index in [1.54, 1.807) is 17.2 Å². The molecule has 4 rings (SSSR count). The molecular weight excluding hydrogens is 388 g/mol. The van der Waals surface area contributed by atoms with Crippen LogP contribution in [0.25, 0.3) is 10.9 Å². The average molecular weight is 406 g/mol. The van der Waals surface area contributed by atoms with Crippen molar-refractivity contribution < 1.29 is 13.2 Å². The van der Waals surface area contributed by atoms with Crippen LogP contribution in [0.5, 0.6) is 0 Å². The molecule has 1 aromatic heterocycles. The number of carbonyl (C=O) groups is 1. The topological polar surface area (TPSA) is 94.4 Å². The van der Waals surface area contributed by atoms with Crippen LogP contribution in [0, 0.1) is 11.3 Å². The number of pyridine rings is 1. The smallest absolute Gasteiger partial charge is 0.256 e. The van der Waals surface area contributed by atoms with Crippen molar-refractivity contribution in [3.05, 3.63) is 71.9 Å². The summed E-state index contributed by atoms with van der Waals surface area (Å²) in [7, 11) is -3.66.